The maximum atomic E-state index is 12.1. The molecule has 2 heterocycles. The molecule has 3 rings (SSSR count). The summed E-state index contributed by atoms with van der Waals surface area (Å²) in [5, 5.41) is 4.88. The lowest BCUT2D eigenvalue weighted by atomic mass is 10.1. The highest BCUT2D eigenvalue weighted by molar-refractivity contribution is 7.14. The molecular formula is C17H16N4O4S. The Kier molecular flexibility index (Phi) is 4.99. The van der Waals surface area contributed by atoms with Crippen molar-refractivity contribution in [1.29, 1.82) is 0 Å². The largest absolute Gasteiger partial charge is 0.496 e. The van der Waals surface area contributed by atoms with Gasteiger partial charge in [0.05, 0.1) is 12.8 Å². The zero-order valence-electron chi connectivity index (χ0n) is 14.1. The van der Waals surface area contributed by atoms with Gasteiger partial charge in [0.1, 0.15) is 12.3 Å². The SMILES string of the molecule is COc1ccc(C)cc1-c1csc(NC(=O)Cn2ccc(=O)[nH]c2=O)n1. The minimum absolute atomic E-state index is 0.224. The minimum Gasteiger partial charge on any atom is -0.496 e. The number of nitrogens with one attached hydrogen (secondary N) is 2. The number of rotatable bonds is 5. The van der Waals surface area contributed by atoms with E-state index in [1.54, 1.807) is 7.11 Å². The lowest BCUT2D eigenvalue weighted by Gasteiger charge is -2.07. The second kappa shape index (κ2) is 7.36. The molecule has 0 fully saturated rings. The van der Waals surface area contributed by atoms with E-state index in [1.165, 1.54) is 23.6 Å². The number of carbonyl (C=O) groups excluding carboxylic acids is 1. The molecule has 0 spiro atoms. The van der Waals surface area contributed by atoms with E-state index in [-0.39, 0.29) is 6.54 Å². The number of aryl methyl sites for hydroxylation is 1. The van der Waals surface area contributed by atoms with Gasteiger partial charge in [-0.2, -0.15) is 0 Å². The van der Waals surface area contributed by atoms with Crippen molar-refractivity contribution in [3.8, 4) is 17.0 Å². The average molecular weight is 372 g/mol. The van der Waals surface area contributed by atoms with Crippen molar-refractivity contribution in [2.24, 2.45) is 0 Å². The maximum Gasteiger partial charge on any atom is 0.328 e. The Bertz CT molecular complexity index is 1070. The fraction of sp³-hybridized carbons (Fsp3) is 0.176. The number of nitrogens with zero attached hydrogens (tertiary/aromatic N) is 2. The van der Waals surface area contributed by atoms with Gasteiger partial charge in [-0.05, 0) is 19.1 Å². The van der Waals surface area contributed by atoms with Crippen molar-refractivity contribution in [3.05, 3.63) is 62.2 Å². The summed E-state index contributed by atoms with van der Waals surface area (Å²) in [6.07, 6.45) is 1.27. The number of thiazole rings is 1. The van der Waals surface area contributed by atoms with E-state index < -0.39 is 17.2 Å². The number of methoxy groups -OCH3 is 1. The highest BCUT2D eigenvalue weighted by atomic mass is 32.1. The number of carbonyl (C=O) groups is 1. The first kappa shape index (κ1) is 17.6. The van der Waals surface area contributed by atoms with Gasteiger partial charge >= 0.3 is 5.69 Å². The van der Waals surface area contributed by atoms with Crippen molar-refractivity contribution < 1.29 is 9.53 Å². The zero-order chi connectivity index (χ0) is 18.7. The number of benzene rings is 1. The molecule has 0 bridgehead atoms. The molecule has 3 aromatic rings. The topological polar surface area (TPSA) is 106 Å². The van der Waals surface area contributed by atoms with Crippen LogP contribution < -0.4 is 21.3 Å². The summed E-state index contributed by atoms with van der Waals surface area (Å²) in [4.78, 5) is 41.3. The standard InChI is InChI=1S/C17H16N4O4S/c1-10-3-4-13(25-2)11(7-10)12-9-26-16(18-12)19-15(23)8-21-6-5-14(22)20-17(21)24/h3-7,9H,8H2,1-2H3,(H,18,19,23)(H,20,22,24). The zero-order valence-corrected chi connectivity index (χ0v) is 14.9. The highest BCUT2D eigenvalue weighted by Crippen LogP contribution is 2.32. The normalized spacial score (nSPS) is 10.5. The van der Waals surface area contributed by atoms with Crippen LogP contribution in [-0.2, 0) is 11.3 Å². The summed E-state index contributed by atoms with van der Waals surface area (Å²) in [5.41, 5.74) is 1.44. The first-order chi connectivity index (χ1) is 12.5. The molecule has 8 nitrogen and oxygen atoms in total. The maximum absolute atomic E-state index is 12.1. The summed E-state index contributed by atoms with van der Waals surface area (Å²) in [5.74, 6) is 0.273. The molecule has 0 aliphatic rings. The summed E-state index contributed by atoms with van der Waals surface area (Å²) in [6, 6.07) is 6.95. The van der Waals surface area contributed by atoms with Gasteiger partial charge in [0.25, 0.3) is 5.56 Å². The lowest BCUT2D eigenvalue weighted by molar-refractivity contribution is -0.116. The third-order valence-corrected chi connectivity index (χ3v) is 4.35. The van der Waals surface area contributed by atoms with Crippen LogP contribution in [0.15, 0.2) is 45.4 Å². The Labute approximate surface area is 152 Å². The molecule has 9 heteroatoms. The van der Waals surface area contributed by atoms with E-state index >= 15 is 0 Å². The molecule has 2 aromatic heterocycles. The highest BCUT2D eigenvalue weighted by Gasteiger charge is 2.12. The monoisotopic (exact) mass is 372 g/mol. The molecule has 26 heavy (non-hydrogen) atoms. The molecule has 134 valence electrons. The number of hydrogen-bond acceptors (Lipinski definition) is 6. The third-order valence-electron chi connectivity index (χ3n) is 3.59. The quantitative estimate of drug-likeness (QED) is 0.708. The second-order valence-corrected chi connectivity index (χ2v) is 6.39. The van der Waals surface area contributed by atoms with Crippen molar-refractivity contribution >= 4 is 22.4 Å². The van der Waals surface area contributed by atoms with E-state index in [4.69, 9.17) is 4.74 Å². The predicted octanol–water partition coefficient (Wildman–Crippen LogP) is 1.62. The lowest BCUT2D eigenvalue weighted by Crippen LogP contribution is -2.32. The van der Waals surface area contributed by atoms with Crippen LogP contribution in [0.3, 0.4) is 0 Å². The number of amides is 1. The Balaban J connectivity index is 1.76. The van der Waals surface area contributed by atoms with E-state index in [0.717, 1.165) is 15.7 Å². The van der Waals surface area contributed by atoms with Crippen LogP contribution in [0.1, 0.15) is 5.56 Å². The Morgan fingerprint density at radius 2 is 2.15 bits per heavy atom. The van der Waals surface area contributed by atoms with Crippen molar-refractivity contribution in [3.63, 3.8) is 0 Å². The van der Waals surface area contributed by atoms with Gasteiger partial charge < -0.3 is 10.1 Å². The molecule has 0 unspecified atom stereocenters. The summed E-state index contributed by atoms with van der Waals surface area (Å²) >= 11 is 1.27. The second-order valence-electron chi connectivity index (χ2n) is 5.53. The molecular weight excluding hydrogens is 356 g/mol. The fourth-order valence-corrected chi connectivity index (χ4v) is 3.09. The van der Waals surface area contributed by atoms with Gasteiger partial charge in [-0.15, -0.1) is 11.3 Å². The smallest absolute Gasteiger partial charge is 0.328 e. The van der Waals surface area contributed by atoms with Crippen molar-refractivity contribution in [1.82, 2.24) is 14.5 Å². The van der Waals surface area contributed by atoms with Crippen LogP contribution in [0.2, 0.25) is 0 Å². The average Bonchev–Trinajstić information content (AvgIpc) is 3.05. The van der Waals surface area contributed by atoms with Gasteiger partial charge in [-0.3, -0.25) is 19.1 Å². The van der Waals surface area contributed by atoms with Gasteiger partial charge in [0.15, 0.2) is 5.13 Å². The van der Waals surface area contributed by atoms with Gasteiger partial charge in [-0.25, -0.2) is 9.78 Å². The summed E-state index contributed by atoms with van der Waals surface area (Å²) in [7, 11) is 1.59. The predicted molar refractivity (Wildman–Crippen MR) is 98.8 cm³/mol. The van der Waals surface area contributed by atoms with E-state index in [0.29, 0.717) is 16.6 Å². The number of ether oxygens (including phenoxy) is 1. The van der Waals surface area contributed by atoms with E-state index in [2.05, 4.69) is 15.3 Å². The number of aromatic nitrogens is 3. The van der Waals surface area contributed by atoms with Crippen LogP contribution in [0.5, 0.6) is 5.75 Å². The molecule has 0 aliphatic heterocycles. The molecule has 1 amide bonds. The number of aromatic amines is 1. The van der Waals surface area contributed by atoms with E-state index in [9.17, 15) is 14.4 Å². The Morgan fingerprint density at radius 3 is 2.88 bits per heavy atom. The van der Waals surface area contributed by atoms with Crippen LogP contribution in [0.25, 0.3) is 11.3 Å². The molecule has 0 radical (unpaired) electrons. The van der Waals surface area contributed by atoms with Crippen LogP contribution in [0.4, 0.5) is 5.13 Å². The molecule has 1 aromatic carbocycles. The van der Waals surface area contributed by atoms with E-state index in [1.807, 2.05) is 30.5 Å². The van der Waals surface area contributed by atoms with Gasteiger partial charge in [-0.1, -0.05) is 11.6 Å². The van der Waals surface area contributed by atoms with Crippen molar-refractivity contribution in [2.75, 3.05) is 12.4 Å². The number of anilines is 1. The fourth-order valence-electron chi connectivity index (χ4n) is 2.36. The van der Waals surface area contributed by atoms with Crippen molar-refractivity contribution in [2.45, 2.75) is 13.5 Å². The molecule has 2 N–H and O–H groups in total. The Morgan fingerprint density at radius 1 is 1.35 bits per heavy atom. The van der Waals surface area contributed by atoms with Gasteiger partial charge in [0, 0.05) is 23.2 Å². The third kappa shape index (κ3) is 3.89. The number of H-pyrrole nitrogens is 1. The minimum atomic E-state index is -0.642. The molecule has 0 atom stereocenters. The first-order valence-electron chi connectivity index (χ1n) is 7.66. The Hall–Kier alpha value is -3.20. The molecule has 0 aliphatic carbocycles. The molecule has 0 saturated heterocycles. The summed E-state index contributed by atoms with van der Waals surface area (Å²) < 4.78 is 6.46. The van der Waals surface area contributed by atoms with Crippen LogP contribution in [0, 0.1) is 6.92 Å². The molecule has 0 saturated carbocycles. The van der Waals surface area contributed by atoms with Gasteiger partial charge in [0.2, 0.25) is 5.91 Å². The summed E-state index contributed by atoms with van der Waals surface area (Å²) in [6.45, 7) is 1.75. The van der Waals surface area contributed by atoms with Crippen LogP contribution >= 0.6 is 11.3 Å². The first-order valence-corrected chi connectivity index (χ1v) is 8.54. The van der Waals surface area contributed by atoms with Crippen LogP contribution in [-0.4, -0.2) is 27.6 Å². The number of hydrogen-bond donors (Lipinski definition) is 2.